The smallest absolute Gasteiger partial charge is 0.282 e. The first-order valence-corrected chi connectivity index (χ1v) is 7.92. The first kappa shape index (κ1) is 13.3. The van der Waals surface area contributed by atoms with Gasteiger partial charge in [-0.3, -0.25) is 0 Å². The molecule has 2 saturated heterocycles. The van der Waals surface area contributed by atoms with Crippen LogP contribution in [0.2, 0.25) is 0 Å². The van der Waals surface area contributed by atoms with Crippen molar-refractivity contribution in [3.63, 3.8) is 0 Å². The largest absolute Gasteiger partial charge is 0.326 e. The Balaban J connectivity index is 2.07. The van der Waals surface area contributed by atoms with Gasteiger partial charge in [0.25, 0.3) is 10.2 Å². The van der Waals surface area contributed by atoms with Crippen molar-refractivity contribution >= 4 is 10.2 Å². The molecule has 5 nitrogen and oxygen atoms in total. The van der Waals surface area contributed by atoms with Crippen LogP contribution in [-0.4, -0.2) is 49.2 Å². The fourth-order valence-electron chi connectivity index (χ4n) is 2.57. The summed E-state index contributed by atoms with van der Waals surface area (Å²) in [6, 6.07) is -0.0169. The first-order valence-electron chi connectivity index (χ1n) is 6.52. The minimum Gasteiger partial charge on any atom is -0.326 e. The minimum atomic E-state index is -3.26. The molecule has 0 amide bonds. The van der Waals surface area contributed by atoms with Crippen molar-refractivity contribution < 1.29 is 8.42 Å². The van der Waals surface area contributed by atoms with Gasteiger partial charge in [0.05, 0.1) is 0 Å². The lowest BCUT2D eigenvalue weighted by atomic mass is 10.1. The maximum Gasteiger partial charge on any atom is 0.282 e. The van der Waals surface area contributed by atoms with Gasteiger partial charge in [0.15, 0.2) is 0 Å². The lowest BCUT2D eigenvalue weighted by Gasteiger charge is -2.26. The van der Waals surface area contributed by atoms with E-state index in [1.807, 2.05) is 6.92 Å². The van der Waals surface area contributed by atoms with Crippen LogP contribution < -0.4 is 5.73 Å². The average Bonchev–Trinajstić information content (AvgIpc) is 2.54. The molecule has 0 bridgehead atoms. The predicted octanol–water partition coefficient (Wildman–Crippen LogP) is 0.386. The van der Waals surface area contributed by atoms with E-state index in [0.29, 0.717) is 26.2 Å². The Morgan fingerprint density at radius 2 is 1.59 bits per heavy atom. The van der Waals surface area contributed by atoms with Gasteiger partial charge in [-0.25, -0.2) is 0 Å². The van der Waals surface area contributed by atoms with Crippen LogP contribution in [0, 0.1) is 5.92 Å². The molecule has 0 radical (unpaired) electrons. The number of nitrogens with zero attached hydrogens (tertiary/aromatic N) is 2. The van der Waals surface area contributed by atoms with Gasteiger partial charge in [-0.1, -0.05) is 19.8 Å². The van der Waals surface area contributed by atoms with E-state index in [-0.39, 0.29) is 12.0 Å². The molecule has 0 aromatic carbocycles. The quantitative estimate of drug-likeness (QED) is 0.782. The molecule has 2 heterocycles. The van der Waals surface area contributed by atoms with Crippen molar-refractivity contribution in [3.8, 4) is 0 Å². The van der Waals surface area contributed by atoms with Gasteiger partial charge in [0.2, 0.25) is 0 Å². The molecule has 2 aliphatic rings. The van der Waals surface area contributed by atoms with Crippen molar-refractivity contribution in [1.82, 2.24) is 8.61 Å². The summed E-state index contributed by atoms with van der Waals surface area (Å²) in [6.07, 6.45) is 4.24. The topological polar surface area (TPSA) is 66.6 Å². The van der Waals surface area contributed by atoms with Crippen LogP contribution in [0.3, 0.4) is 0 Å². The molecule has 0 aromatic heterocycles. The Labute approximate surface area is 104 Å². The highest BCUT2D eigenvalue weighted by Gasteiger charge is 2.37. The summed E-state index contributed by atoms with van der Waals surface area (Å²) in [5.74, 6) is 0.261. The molecule has 0 aliphatic carbocycles. The van der Waals surface area contributed by atoms with Gasteiger partial charge >= 0.3 is 0 Å². The van der Waals surface area contributed by atoms with Crippen LogP contribution >= 0.6 is 0 Å². The van der Waals surface area contributed by atoms with Crippen LogP contribution in [0.1, 0.15) is 32.6 Å². The number of hydrogen-bond donors (Lipinski definition) is 1. The number of hydrogen-bond acceptors (Lipinski definition) is 3. The van der Waals surface area contributed by atoms with Gasteiger partial charge in [-0.15, -0.1) is 0 Å². The summed E-state index contributed by atoms with van der Waals surface area (Å²) in [4.78, 5) is 0. The summed E-state index contributed by atoms with van der Waals surface area (Å²) in [7, 11) is -3.26. The third kappa shape index (κ3) is 2.81. The summed E-state index contributed by atoms with van der Waals surface area (Å²) < 4.78 is 28.1. The Bertz CT molecular complexity index is 332. The third-order valence-electron chi connectivity index (χ3n) is 3.85. The van der Waals surface area contributed by atoms with Gasteiger partial charge in [0, 0.05) is 32.2 Å². The van der Waals surface area contributed by atoms with E-state index in [1.165, 1.54) is 0 Å². The van der Waals surface area contributed by atoms with E-state index in [9.17, 15) is 8.42 Å². The number of nitrogens with two attached hydrogens (primary N) is 1. The molecule has 2 aliphatic heterocycles. The highest BCUT2D eigenvalue weighted by molar-refractivity contribution is 7.86. The van der Waals surface area contributed by atoms with Crippen molar-refractivity contribution in [2.75, 3.05) is 26.2 Å². The Kier molecular flexibility index (Phi) is 4.07. The second-order valence-electron chi connectivity index (χ2n) is 5.28. The molecule has 2 fully saturated rings. The second-order valence-corrected chi connectivity index (χ2v) is 7.21. The molecule has 6 heteroatoms. The molecular formula is C11H23N3O2S. The zero-order valence-electron chi connectivity index (χ0n) is 10.5. The van der Waals surface area contributed by atoms with E-state index in [1.54, 1.807) is 8.61 Å². The van der Waals surface area contributed by atoms with Gasteiger partial charge in [-0.05, 0) is 18.8 Å². The normalized spacial score (nSPS) is 33.8. The molecule has 2 unspecified atom stereocenters. The first-order chi connectivity index (χ1) is 8.01. The van der Waals surface area contributed by atoms with E-state index in [4.69, 9.17) is 5.73 Å². The SMILES string of the molecule is CC1CN(S(=O)(=O)N2CCCCCC2)CC1N. The van der Waals surface area contributed by atoms with Crippen molar-refractivity contribution in [1.29, 1.82) is 0 Å². The highest BCUT2D eigenvalue weighted by Crippen LogP contribution is 2.22. The van der Waals surface area contributed by atoms with Crippen LogP contribution in [0.5, 0.6) is 0 Å². The Hall–Kier alpha value is -0.170. The van der Waals surface area contributed by atoms with Crippen LogP contribution in [0.25, 0.3) is 0 Å². The van der Waals surface area contributed by atoms with E-state index in [2.05, 4.69) is 0 Å². The minimum absolute atomic E-state index is 0.0169. The van der Waals surface area contributed by atoms with Gasteiger partial charge in [0.1, 0.15) is 0 Å². The molecule has 2 N–H and O–H groups in total. The fraction of sp³-hybridized carbons (Fsp3) is 1.00. The Morgan fingerprint density at radius 3 is 2.06 bits per heavy atom. The highest BCUT2D eigenvalue weighted by atomic mass is 32.2. The van der Waals surface area contributed by atoms with Crippen LogP contribution in [0.4, 0.5) is 0 Å². The monoisotopic (exact) mass is 261 g/mol. The lowest BCUT2D eigenvalue weighted by Crippen LogP contribution is -2.44. The van der Waals surface area contributed by atoms with Gasteiger partial charge < -0.3 is 5.73 Å². The zero-order chi connectivity index (χ0) is 12.5. The van der Waals surface area contributed by atoms with E-state index < -0.39 is 10.2 Å². The maximum atomic E-state index is 12.4. The molecule has 2 rings (SSSR count). The molecule has 0 spiro atoms. The zero-order valence-corrected chi connectivity index (χ0v) is 11.3. The molecule has 2 atom stereocenters. The van der Waals surface area contributed by atoms with E-state index >= 15 is 0 Å². The lowest BCUT2D eigenvalue weighted by molar-refractivity contribution is 0.363. The summed E-state index contributed by atoms with van der Waals surface area (Å²) in [5.41, 5.74) is 5.90. The third-order valence-corrected chi connectivity index (χ3v) is 5.82. The van der Waals surface area contributed by atoms with Crippen molar-refractivity contribution in [2.45, 2.75) is 38.6 Å². The fourth-order valence-corrected chi connectivity index (χ4v) is 4.40. The second kappa shape index (κ2) is 5.22. The molecule has 17 heavy (non-hydrogen) atoms. The van der Waals surface area contributed by atoms with Gasteiger partial charge in [-0.2, -0.15) is 17.0 Å². The van der Waals surface area contributed by atoms with Crippen molar-refractivity contribution in [2.24, 2.45) is 11.7 Å². The number of rotatable bonds is 2. The molecular weight excluding hydrogens is 238 g/mol. The van der Waals surface area contributed by atoms with Crippen molar-refractivity contribution in [3.05, 3.63) is 0 Å². The molecule has 0 aromatic rings. The van der Waals surface area contributed by atoms with Crippen LogP contribution in [0.15, 0.2) is 0 Å². The standard InChI is InChI=1S/C11H23N3O2S/c1-10-8-14(9-11(10)12)17(15,16)13-6-4-2-3-5-7-13/h10-11H,2-9,12H2,1H3. The van der Waals surface area contributed by atoms with E-state index in [0.717, 1.165) is 25.7 Å². The molecule has 100 valence electrons. The predicted molar refractivity (Wildman–Crippen MR) is 67.7 cm³/mol. The summed E-state index contributed by atoms with van der Waals surface area (Å²) in [6.45, 7) is 4.40. The molecule has 0 saturated carbocycles. The summed E-state index contributed by atoms with van der Waals surface area (Å²) >= 11 is 0. The maximum absolute atomic E-state index is 12.4. The van der Waals surface area contributed by atoms with Crippen LogP contribution in [-0.2, 0) is 10.2 Å². The Morgan fingerprint density at radius 1 is 1.00 bits per heavy atom. The average molecular weight is 261 g/mol. The summed E-state index contributed by atoms with van der Waals surface area (Å²) in [5, 5.41) is 0.